The highest BCUT2D eigenvalue weighted by Crippen LogP contribution is 2.34. The molecule has 5 nitrogen and oxygen atoms in total. The van der Waals surface area contributed by atoms with Gasteiger partial charge in [0, 0.05) is 23.7 Å². The molecule has 1 saturated heterocycles. The minimum Gasteiger partial charge on any atom is -0.495 e. The van der Waals surface area contributed by atoms with Gasteiger partial charge in [-0.25, -0.2) is 0 Å². The minimum atomic E-state index is -0.423. The van der Waals surface area contributed by atoms with Crippen LogP contribution < -0.4 is 15.0 Å². The Kier molecular flexibility index (Phi) is 5.18. The number of ether oxygens (including phenoxy) is 1. The fourth-order valence-corrected chi connectivity index (χ4v) is 3.22. The molecule has 26 heavy (non-hydrogen) atoms. The van der Waals surface area contributed by atoms with Gasteiger partial charge in [0.1, 0.15) is 5.75 Å². The number of nitrogens with one attached hydrogen (secondary N) is 1. The Morgan fingerprint density at radius 3 is 2.69 bits per heavy atom. The van der Waals surface area contributed by atoms with Crippen LogP contribution in [0.4, 0.5) is 11.4 Å². The van der Waals surface area contributed by atoms with Crippen molar-refractivity contribution in [1.29, 1.82) is 0 Å². The summed E-state index contributed by atoms with van der Waals surface area (Å²) in [6, 6.07) is 11.0. The number of hydrogen-bond donors (Lipinski definition) is 1. The van der Waals surface area contributed by atoms with E-state index in [1.54, 1.807) is 24.1 Å². The number of carbonyl (C=O) groups excluding carboxylic acids is 2. The number of aryl methyl sites for hydroxylation is 2. The van der Waals surface area contributed by atoms with Crippen LogP contribution in [-0.4, -0.2) is 25.5 Å². The molecule has 1 aliphatic heterocycles. The highest BCUT2D eigenvalue weighted by atomic mass is 35.5. The van der Waals surface area contributed by atoms with Crippen molar-refractivity contribution in [3.63, 3.8) is 0 Å². The molecule has 1 atom stereocenters. The first-order valence-corrected chi connectivity index (χ1v) is 8.79. The Morgan fingerprint density at radius 2 is 2.00 bits per heavy atom. The van der Waals surface area contributed by atoms with Gasteiger partial charge in [0.2, 0.25) is 11.8 Å². The summed E-state index contributed by atoms with van der Waals surface area (Å²) in [6.07, 6.45) is 0.169. The van der Waals surface area contributed by atoms with E-state index in [0.717, 1.165) is 11.1 Å². The predicted molar refractivity (Wildman–Crippen MR) is 103 cm³/mol. The maximum atomic E-state index is 12.6. The van der Waals surface area contributed by atoms with E-state index in [-0.39, 0.29) is 18.2 Å². The molecule has 1 aliphatic rings. The second kappa shape index (κ2) is 7.38. The van der Waals surface area contributed by atoms with Crippen molar-refractivity contribution in [2.24, 2.45) is 5.92 Å². The van der Waals surface area contributed by atoms with Crippen molar-refractivity contribution in [2.75, 3.05) is 23.9 Å². The summed E-state index contributed by atoms with van der Waals surface area (Å²) in [5.41, 5.74) is 3.30. The maximum absolute atomic E-state index is 12.6. The Morgan fingerprint density at radius 1 is 1.23 bits per heavy atom. The number of rotatable bonds is 4. The molecular weight excluding hydrogens is 352 g/mol. The number of nitrogens with zero attached hydrogens (tertiary/aromatic N) is 1. The van der Waals surface area contributed by atoms with Gasteiger partial charge in [-0.2, -0.15) is 0 Å². The van der Waals surface area contributed by atoms with Crippen LogP contribution in [0.1, 0.15) is 17.5 Å². The minimum absolute atomic E-state index is 0.0870. The van der Waals surface area contributed by atoms with Crippen molar-refractivity contribution in [2.45, 2.75) is 20.3 Å². The van der Waals surface area contributed by atoms with E-state index in [4.69, 9.17) is 16.3 Å². The molecule has 136 valence electrons. The summed E-state index contributed by atoms with van der Waals surface area (Å²) in [4.78, 5) is 26.7. The number of methoxy groups -OCH3 is 1. The summed E-state index contributed by atoms with van der Waals surface area (Å²) in [5.74, 6) is -0.0773. The highest BCUT2D eigenvalue weighted by Gasteiger charge is 2.36. The highest BCUT2D eigenvalue weighted by molar-refractivity contribution is 6.31. The number of amides is 2. The van der Waals surface area contributed by atoms with Crippen LogP contribution in [-0.2, 0) is 9.59 Å². The summed E-state index contributed by atoms with van der Waals surface area (Å²) in [5, 5.41) is 3.44. The molecule has 1 fully saturated rings. The van der Waals surface area contributed by atoms with Crippen molar-refractivity contribution in [3.8, 4) is 5.75 Å². The smallest absolute Gasteiger partial charge is 0.229 e. The lowest BCUT2D eigenvalue weighted by Gasteiger charge is -2.20. The van der Waals surface area contributed by atoms with E-state index in [1.807, 2.05) is 38.1 Å². The zero-order valence-electron chi connectivity index (χ0n) is 15.0. The molecule has 2 aromatic carbocycles. The SMILES string of the molecule is COc1ccc(C)cc1N1CC(C(=O)Nc2ccc(C)c(Cl)c2)CC1=O. The van der Waals surface area contributed by atoms with E-state index in [0.29, 0.717) is 28.7 Å². The number of halogens is 1. The number of carbonyl (C=O) groups is 2. The summed E-state index contributed by atoms with van der Waals surface area (Å²) in [7, 11) is 1.57. The molecule has 0 spiro atoms. The van der Waals surface area contributed by atoms with E-state index in [2.05, 4.69) is 5.32 Å². The molecule has 0 aromatic heterocycles. The molecule has 3 rings (SSSR count). The van der Waals surface area contributed by atoms with E-state index in [1.165, 1.54) is 0 Å². The van der Waals surface area contributed by atoms with Gasteiger partial charge in [0.25, 0.3) is 0 Å². The molecule has 1 N–H and O–H groups in total. The second-order valence-corrected chi connectivity index (χ2v) is 6.94. The lowest BCUT2D eigenvalue weighted by atomic mass is 10.1. The first-order valence-electron chi connectivity index (χ1n) is 8.41. The van der Waals surface area contributed by atoms with E-state index >= 15 is 0 Å². The lowest BCUT2D eigenvalue weighted by molar-refractivity contribution is -0.122. The molecule has 0 saturated carbocycles. The Bertz CT molecular complexity index is 866. The largest absolute Gasteiger partial charge is 0.495 e. The Balaban J connectivity index is 1.76. The third-order valence-corrected chi connectivity index (χ3v) is 4.97. The van der Waals surface area contributed by atoms with Crippen molar-refractivity contribution in [1.82, 2.24) is 0 Å². The first kappa shape index (κ1) is 18.3. The predicted octanol–water partition coefficient (Wildman–Crippen LogP) is 3.96. The van der Waals surface area contributed by atoms with Crippen LogP contribution in [0.2, 0.25) is 5.02 Å². The standard InChI is InChI=1S/C20H21ClN2O3/c1-12-4-7-18(26-3)17(8-12)23-11-14(9-19(23)24)20(25)22-15-6-5-13(2)16(21)10-15/h4-8,10,14H,9,11H2,1-3H3,(H,22,25). The molecule has 2 amide bonds. The van der Waals surface area contributed by atoms with Crippen molar-refractivity contribution < 1.29 is 14.3 Å². The van der Waals surface area contributed by atoms with Gasteiger partial charge in [-0.15, -0.1) is 0 Å². The summed E-state index contributed by atoms with van der Waals surface area (Å²) < 4.78 is 5.37. The number of anilines is 2. The Labute approximate surface area is 157 Å². The van der Waals surface area contributed by atoms with E-state index in [9.17, 15) is 9.59 Å². The molecule has 0 aliphatic carbocycles. The van der Waals surface area contributed by atoms with Gasteiger partial charge in [-0.3, -0.25) is 9.59 Å². The zero-order chi connectivity index (χ0) is 18.8. The monoisotopic (exact) mass is 372 g/mol. The molecule has 6 heteroatoms. The molecule has 1 heterocycles. The zero-order valence-corrected chi connectivity index (χ0v) is 15.8. The molecular formula is C20H21ClN2O3. The third-order valence-electron chi connectivity index (χ3n) is 4.56. The van der Waals surface area contributed by atoms with E-state index < -0.39 is 5.92 Å². The van der Waals surface area contributed by atoms with Gasteiger partial charge in [0.15, 0.2) is 0 Å². The normalized spacial score (nSPS) is 16.7. The van der Waals surface area contributed by atoms with Gasteiger partial charge in [-0.1, -0.05) is 23.7 Å². The van der Waals surface area contributed by atoms with Gasteiger partial charge >= 0.3 is 0 Å². The topological polar surface area (TPSA) is 58.6 Å². The van der Waals surface area contributed by atoms with Gasteiger partial charge < -0.3 is 15.0 Å². The number of benzene rings is 2. The average molecular weight is 373 g/mol. The molecule has 0 bridgehead atoms. The fourth-order valence-electron chi connectivity index (χ4n) is 3.04. The molecule has 1 unspecified atom stereocenters. The van der Waals surface area contributed by atoms with Crippen LogP contribution in [0.5, 0.6) is 5.75 Å². The summed E-state index contributed by atoms with van der Waals surface area (Å²) >= 11 is 6.10. The maximum Gasteiger partial charge on any atom is 0.229 e. The average Bonchev–Trinajstić information content (AvgIpc) is 3.00. The van der Waals surface area contributed by atoms with Gasteiger partial charge in [0.05, 0.1) is 18.7 Å². The lowest BCUT2D eigenvalue weighted by Crippen LogP contribution is -2.28. The summed E-state index contributed by atoms with van der Waals surface area (Å²) in [6.45, 7) is 4.18. The fraction of sp³-hybridized carbons (Fsp3) is 0.300. The van der Waals surface area contributed by atoms with Crippen LogP contribution in [0, 0.1) is 19.8 Å². The molecule has 2 aromatic rings. The van der Waals surface area contributed by atoms with Crippen LogP contribution in [0.3, 0.4) is 0 Å². The van der Waals surface area contributed by atoms with Crippen LogP contribution in [0.25, 0.3) is 0 Å². The quantitative estimate of drug-likeness (QED) is 0.883. The van der Waals surface area contributed by atoms with Crippen LogP contribution in [0.15, 0.2) is 36.4 Å². The number of hydrogen-bond acceptors (Lipinski definition) is 3. The van der Waals surface area contributed by atoms with Crippen molar-refractivity contribution in [3.05, 3.63) is 52.5 Å². The first-order chi connectivity index (χ1) is 12.4. The van der Waals surface area contributed by atoms with Crippen LogP contribution >= 0.6 is 11.6 Å². The van der Waals surface area contributed by atoms with Crippen molar-refractivity contribution >= 4 is 34.8 Å². The second-order valence-electron chi connectivity index (χ2n) is 6.53. The molecule has 0 radical (unpaired) electrons. The Hall–Kier alpha value is -2.53. The third kappa shape index (κ3) is 3.68. The van der Waals surface area contributed by atoms with Gasteiger partial charge in [-0.05, 0) is 49.2 Å².